The average molecular weight is 436 g/mol. The van der Waals surface area contributed by atoms with Gasteiger partial charge in [-0.3, -0.25) is 4.79 Å². The number of carbonyl (C=O) groups is 1. The highest BCUT2D eigenvalue weighted by molar-refractivity contribution is 8.26. The van der Waals surface area contributed by atoms with E-state index in [0.717, 1.165) is 33.8 Å². The SMILES string of the molecule is Cc1cc(OC(C)C)ccc1-c1nn(-c2ccccc2)cc1/C=C1\SC(=S)NC1=O. The third kappa shape index (κ3) is 4.32. The van der Waals surface area contributed by atoms with Crippen molar-refractivity contribution in [2.75, 3.05) is 0 Å². The summed E-state index contributed by atoms with van der Waals surface area (Å²) in [6.07, 6.45) is 3.89. The normalized spacial score (nSPS) is 15.1. The standard InChI is InChI=1S/C23H21N3O2S2/c1-14(2)28-18-9-10-19(15(3)11-18)21-16(12-20-22(27)24-23(29)30-20)13-26(25-21)17-7-5-4-6-8-17/h4-14H,1-3H3,(H,24,27,29)/b20-12-. The molecule has 3 aromatic rings. The van der Waals surface area contributed by atoms with E-state index in [-0.39, 0.29) is 12.0 Å². The van der Waals surface area contributed by atoms with E-state index in [1.807, 2.05) is 86.3 Å². The molecule has 0 aliphatic carbocycles. The van der Waals surface area contributed by atoms with Gasteiger partial charge in [0.15, 0.2) is 0 Å². The van der Waals surface area contributed by atoms with E-state index >= 15 is 0 Å². The lowest BCUT2D eigenvalue weighted by molar-refractivity contribution is -0.115. The zero-order valence-corrected chi connectivity index (χ0v) is 18.5. The minimum absolute atomic E-state index is 0.106. The van der Waals surface area contributed by atoms with Crippen molar-refractivity contribution in [2.24, 2.45) is 0 Å². The lowest BCUT2D eigenvalue weighted by Crippen LogP contribution is -2.17. The number of amides is 1. The Kier molecular flexibility index (Phi) is 5.74. The molecule has 1 aliphatic heterocycles. The van der Waals surface area contributed by atoms with Gasteiger partial charge in [0.05, 0.1) is 16.7 Å². The summed E-state index contributed by atoms with van der Waals surface area (Å²) in [6, 6.07) is 15.9. The van der Waals surface area contributed by atoms with Crippen molar-refractivity contribution in [3.05, 3.63) is 70.8 Å². The Morgan fingerprint density at radius 1 is 1.20 bits per heavy atom. The molecule has 0 radical (unpaired) electrons. The molecule has 0 spiro atoms. The van der Waals surface area contributed by atoms with Crippen LogP contribution in [0.3, 0.4) is 0 Å². The number of thiocarbonyl (C=S) groups is 1. The second-order valence-electron chi connectivity index (χ2n) is 7.21. The Balaban J connectivity index is 1.82. The van der Waals surface area contributed by atoms with Crippen LogP contribution in [-0.4, -0.2) is 26.1 Å². The van der Waals surface area contributed by atoms with Crippen molar-refractivity contribution in [1.82, 2.24) is 15.1 Å². The smallest absolute Gasteiger partial charge is 0.263 e. The summed E-state index contributed by atoms with van der Waals surface area (Å²) in [5, 5.41) is 7.51. The van der Waals surface area contributed by atoms with Gasteiger partial charge in [-0.1, -0.05) is 42.2 Å². The molecule has 1 aromatic heterocycles. The van der Waals surface area contributed by atoms with Crippen molar-refractivity contribution < 1.29 is 9.53 Å². The van der Waals surface area contributed by atoms with Crippen LogP contribution in [0.2, 0.25) is 0 Å². The van der Waals surface area contributed by atoms with Gasteiger partial charge < -0.3 is 10.1 Å². The summed E-state index contributed by atoms with van der Waals surface area (Å²) in [5.74, 6) is 0.644. The maximum Gasteiger partial charge on any atom is 0.263 e. The molecule has 30 heavy (non-hydrogen) atoms. The quantitative estimate of drug-likeness (QED) is 0.445. The predicted octanol–water partition coefficient (Wildman–Crippen LogP) is 5.12. The number of benzene rings is 2. The van der Waals surface area contributed by atoms with Gasteiger partial charge >= 0.3 is 0 Å². The molecule has 0 unspecified atom stereocenters. The van der Waals surface area contributed by atoms with Crippen LogP contribution in [0.5, 0.6) is 5.75 Å². The number of carbonyl (C=O) groups excluding carboxylic acids is 1. The molecule has 7 heteroatoms. The molecule has 2 heterocycles. The van der Waals surface area contributed by atoms with Crippen molar-refractivity contribution >= 4 is 40.3 Å². The van der Waals surface area contributed by atoms with E-state index in [4.69, 9.17) is 22.1 Å². The summed E-state index contributed by atoms with van der Waals surface area (Å²) in [6.45, 7) is 6.04. The second kappa shape index (κ2) is 8.45. The van der Waals surface area contributed by atoms with Crippen molar-refractivity contribution in [2.45, 2.75) is 26.9 Å². The van der Waals surface area contributed by atoms with E-state index in [9.17, 15) is 4.79 Å². The fourth-order valence-corrected chi connectivity index (χ4v) is 4.26. The van der Waals surface area contributed by atoms with Crippen molar-refractivity contribution in [3.8, 4) is 22.7 Å². The molecule has 1 saturated heterocycles. The fraction of sp³-hybridized carbons (Fsp3) is 0.174. The first-order valence-electron chi connectivity index (χ1n) is 9.58. The highest BCUT2D eigenvalue weighted by Gasteiger charge is 2.23. The number of rotatable bonds is 5. The Morgan fingerprint density at radius 3 is 2.60 bits per heavy atom. The van der Waals surface area contributed by atoms with Gasteiger partial charge in [0, 0.05) is 17.3 Å². The minimum atomic E-state index is -0.180. The summed E-state index contributed by atoms with van der Waals surface area (Å²) in [4.78, 5) is 12.8. The zero-order chi connectivity index (χ0) is 21.3. The van der Waals surface area contributed by atoms with Gasteiger partial charge in [-0.15, -0.1) is 0 Å². The van der Waals surface area contributed by atoms with Gasteiger partial charge in [0.2, 0.25) is 0 Å². The Bertz CT molecular complexity index is 1150. The number of hydrogen-bond donors (Lipinski definition) is 1. The van der Waals surface area contributed by atoms with Crippen LogP contribution in [0.1, 0.15) is 25.0 Å². The number of hydrogen-bond acceptors (Lipinski definition) is 5. The molecule has 1 amide bonds. The van der Waals surface area contributed by atoms with Gasteiger partial charge in [-0.2, -0.15) is 5.10 Å². The predicted molar refractivity (Wildman–Crippen MR) is 126 cm³/mol. The first-order valence-corrected chi connectivity index (χ1v) is 10.8. The number of aryl methyl sites for hydroxylation is 1. The van der Waals surface area contributed by atoms with Crippen molar-refractivity contribution in [1.29, 1.82) is 0 Å². The highest BCUT2D eigenvalue weighted by atomic mass is 32.2. The zero-order valence-electron chi connectivity index (χ0n) is 16.9. The maximum absolute atomic E-state index is 12.2. The first-order chi connectivity index (χ1) is 14.4. The van der Waals surface area contributed by atoms with E-state index in [1.165, 1.54) is 11.8 Å². The second-order valence-corrected chi connectivity index (χ2v) is 8.93. The Labute approximate surface area is 185 Å². The molecule has 1 aliphatic rings. The molecule has 4 rings (SSSR count). The average Bonchev–Trinajstić information content (AvgIpc) is 3.25. The molecule has 2 aromatic carbocycles. The first kappa shape index (κ1) is 20.4. The van der Waals surface area contributed by atoms with Crippen LogP contribution < -0.4 is 10.1 Å². The lowest BCUT2D eigenvalue weighted by atomic mass is 10.0. The molecular formula is C23H21N3O2S2. The summed E-state index contributed by atoms with van der Waals surface area (Å²) in [5.41, 5.74) is 4.62. The molecule has 0 saturated carbocycles. The number of para-hydroxylation sites is 1. The van der Waals surface area contributed by atoms with Crippen LogP contribution in [0.25, 0.3) is 23.0 Å². The van der Waals surface area contributed by atoms with Crippen LogP contribution in [0, 0.1) is 6.92 Å². The van der Waals surface area contributed by atoms with Gasteiger partial charge in [0.25, 0.3) is 5.91 Å². The summed E-state index contributed by atoms with van der Waals surface area (Å²) < 4.78 is 8.11. The van der Waals surface area contributed by atoms with Crippen LogP contribution in [0.4, 0.5) is 0 Å². The Hall–Kier alpha value is -2.90. The third-order valence-corrected chi connectivity index (χ3v) is 5.68. The highest BCUT2D eigenvalue weighted by Crippen LogP contribution is 2.33. The topological polar surface area (TPSA) is 56.1 Å². The molecule has 1 fully saturated rings. The van der Waals surface area contributed by atoms with Gasteiger partial charge in [0.1, 0.15) is 15.8 Å². The van der Waals surface area contributed by atoms with Gasteiger partial charge in [-0.25, -0.2) is 4.68 Å². The number of nitrogens with zero attached hydrogens (tertiary/aromatic N) is 2. The van der Waals surface area contributed by atoms with E-state index < -0.39 is 0 Å². The van der Waals surface area contributed by atoms with E-state index in [2.05, 4.69) is 5.32 Å². The van der Waals surface area contributed by atoms with E-state index in [0.29, 0.717) is 9.23 Å². The van der Waals surface area contributed by atoms with Crippen LogP contribution in [0.15, 0.2) is 59.6 Å². The van der Waals surface area contributed by atoms with Crippen LogP contribution >= 0.6 is 24.0 Å². The monoisotopic (exact) mass is 435 g/mol. The number of ether oxygens (including phenoxy) is 1. The molecule has 0 bridgehead atoms. The minimum Gasteiger partial charge on any atom is -0.491 e. The third-order valence-electron chi connectivity index (χ3n) is 4.52. The lowest BCUT2D eigenvalue weighted by Gasteiger charge is -2.12. The number of nitrogens with one attached hydrogen (secondary N) is 1. The van der Waals surface area contributed by atoms with Crippen LogP contribution in [-0.2, 0) is 4.79 Å². The summed E-state index contributed by atoms with van der Waals surface area (Å²) in [7, 11) is 0. The fourth-order valence-electron chi connectivity index (χ4n) is 3.22. The molecule has 1 N–H and O–H groups in total. The molecule has 0 atom stereocenters. The number of thioether (sulfide) groups is 1. The number of aromatic nitrogens is 2. The largest absolute Gasteiger partial charge is 0.491 e. The Morgan fingerprint density at radius 2 is 1.97 bits per heavy atom. The molecular weight excluding hydrogens is 414 g/mol. The molecule has 5 nitrogen and oxygen atoms in total. The van der Waals surface area contributed by atoms with Gasteiger partial charge in [-0.05, 0) is 62.7 Å². The maximum atomic E-state index is 12.2. The van der Waals surface area contributed by atoms with E-state index in [1.54, 1.807) is 0 Å². The van der Waals surface area contributed by atoms with Crippen molar-refractivity contribution in [3.63, 3.8) is 0 Å². The molecule has 152 valence electrons. The summed E-state index contributed by atoms with van der Waals surface area (Å²) >= 11 is 6.39.